The molecule has 1 aromatic heterocycles. The Bertz CT molecular complexity index is 450. The first-order valence-electron chi connectivity index (χ1n) is 7.64. The molecule has 0 aliphatic rings. The fourth-order valence-electron chi connectivity index (χ4n) is 1.80. The molecular formula is C16H26N4O. The van der Waals surface area contributed by atoms with Gasteiger partial charge in [-0.05, 0) is 32.4 Å². The van der Waals surface area contributed by atoms with Crippen LogP contribution in [-0.2, 0) is 0 Å². The molecule has 5 heteroatoms. The van der Waals surface area contributed by atoms with Crippen molar-refractivity contribution >= 4 is 17.4 Å². The van der Waals surface area contributed by atoms with Gasteiger partial charge in [0, 0.05) is 18.5 Å². The number of hydrogen-bond donors (Lipinski definition) is 2. The number of rotatable bonds is 9. The Hall–Kier alpha value is -1.91. The van der Waals surface area contributed by atoms with Gasteiger partial charge in [-0.3, -0.25) is 10.2 Å². The highest BCUT2D eigenvalue weighted by Gasteiger charge is 2.05. The van der Waals surface area contributed by atoms with Crippen molar-refractivity contribution in [3.05, 3.63) is 23.9 Å². The molecule has 1 aromatic rings. The van der Waals surface area contributed by atoms with Gasteiger partial charge in [-0.25, -0.2) is 4.98 Å². The first kappa shape index (κ1) is 17.1. The molecule has 0 fully saturated rings. The molecule has 0 spiro atoms. The highest BCUT2D eigenvalue weighted by Crippen LogP contribution is 2.06. The Balaban J connectivity index is 2.32. The number of carbonyl (C=O) groups is 1. The second-order valence-corrected chi connectivity index (χ2v) is 5.27. The third kappa shape index (κ3) is 7.44. The summed E-state index contributed by atoms with van der Waals surface area (Å²) in [5, 5.41) is 6.98. The van der Waals surface area contributed by atoms with Crippen LogP contribution in [0.25, 0.3) is 0 Å². The zero-order valence-corrected chi connectivity index (χ0v) is 13.3. The van der Waals surface area contributed by atoms with E-state index in [9.17, 15) is 4.79 Å². The van der Waals surface area contributed by atoms with Crippen LogP contribution in [0.2, 0.25) is 0 Å². The highest BCUT2D eigenvalue weighted by molar-refractivity contribution is 5.94. The van der Waals surface area contributed by atoms with Crippen molar-refractivity contribution in [2.24, 2.45) is 5.10 Å². The molecule has 0 radical (unpaired) electrons. The van der Waals surface area contributed by atoms with Crippen LogP contribution < -0.4 is 10.7 Å². The zero-order chi connectivity index (χ0) is 15.5. The first-order chi connectivity index (χ1) is 10.1. The topological polar surface area (TPSA) is 66.4 Å². The molecule has 0 saturated carbocycles. The van der Waals surface area contributed by atoms with Crippen LogP contribution in [0.4, 0.5) is 5.82 Å². The van der Waals surface area contributed by atoms with Crippen LogP contribution in [0.5, 0.6) is 0 Å². The predicted molar refractivity (Wildman–Crippen MR) is 87.7 cm³/mol. The van der Waals surface area contributed by atoms with Gasteiger partial charge in [0.15, 0.2) is 0 Å². The Labute approximate surface area is 127 Å². The predicted octanol–water partition coefficient (Wildman–Crippen LogP) is 3.59. The van der Waals surface area contributed by atoms with E-state index in [0.717, 1.165) is 18.7 Å². The Morgan fingerprint density at radius 1 is 1.19 bits per heavy atom. The molecule has 116 valence electrons. The summed E-state index contributed by atoms with van der Waals surface area (Å²) in [5.41, 5.74) is 4.32. The number of unbranched alkanes of at least 4 members (excludes halogenated alkanes) is 4. The van der Waals surface area contributed by atoms with Crippen molar-refractivity contribution in [3.8, 4) is 0 Å². The number of pyridine rings is 1. The number of amides is 1. The van der Waals surface area contributed by atoms with Crippen LogP contribution in [0, 0.1) is 0 Å². The fraction of sp³-hybridized carbons (Fsp3) is 0.562. The molecule has 0 aliphatic heterocycles. The lowest BCUT2D eigenvalue weighted by atomic mass is 10.1. The minimum absolute atomic E-state index is 0.0697. The molecule has 0 atom stereocenters. The number of nitrogens with zero attached hydrogens (tertiary/aromatic N) is 2. The van der Waals surface area contributed by atoms with E-state index < -0.39 is 0 Å². The van der Waals surface area contributed by atoms with Gasteiger partial charge in [0.25, 0.3) is 5.91 Å². The van der Waals surface area contributed by atoms with Gasteiger partial charge in [0.1, 0.15) is 5.82 Å². The average Bonchev–Trinajstić information content (AvgIpc) is 2.49. The maximum Gasteiger partial charge on any atom is 0.252 e. The van der Waals surface area contributed by atoms with E-state index in [1.54, 1.807) is 18.3 Å². The van der Waals surface area contributed by atoms with Crippen molar-refractivity contribution in [3.63, 3.8) is 0 Å². The van der Waals surface area contributed by atoms with Crippen molar-refractivity contribution in [1.82, 2.24) is 10.3 Å². The van der Waals surface area contributed by atoms with Gasteiger partial charge in [0.05, 0.1) is 5.56 Å². The minimum atomic E-state index is -0.0697. The molecule has 5 nitrogen and oxygen atoms in total. The summed E-state index contributed by atoms with van der Waals surface area (Å²) >= 11 is 0. The maximum absolute atomic E-state index is 11.9. The van der Waals surface area contributed by atoms with Crippen LogP contribution >= 0.6 is 0 Å². The van der Waals surface area contributed by atoms with Gasteiger partial charge in [0.2, 0.25) is 0 Å². The molecule has 0 aromatic carbocycles. The van der Waals surface area contributed by atoms with Crippen LogP contribution in [0.3, 0.4) is 0 Å². The summed E-state index contributed by atoms with van der Waals surface area (Å²) in [4.78, 5) is 16.1. The quantitative estimate of drug-likeness (QED) is 0.415. The van der Waals surface area contributed by atoms with Gasteiger partial charge in [-0.15, -0.1) is 0 Å². The van der Waals surface area contributed by atoms with Crippen LogP contribution in [0.1, 0.15) is 63.2 Å². The highest BCUT2D eigenvalue weighted by atomic mass is 16.1. The molecule has 1 rings (SSSR count). The molecule has 0 aliphatic carbocycles. The largest absolute Gasteiger partial charge is 0.352 e. The lowest BCUT2D eigenvalue weighted by molar-refractivity contribution is 0.0952. The third-order valence-electron chi connectivity index (χ3n) is 2.99. The second-order valence-electron chi connectivity index (χ2n) is 5.27. The summed E-state index contributed by atoms with van der Waals surface area (Å²) in [5.74, 6) is 0.562. The summed E-state index contributed by atoms with van der Waals surface area (Å²) in [6.07, 6.45) is 7.51. The minimum Gasteiger partial charge on any atom is -0.352 e. The standard InChI is InChI=1S/C16H26N4O/c1-4-5-6-7-8-11-17-16(21)14-9-10-15(18-12-14)20-19-13(2)3/h9-10,12H,4-8,11H2,1-3H3,(H,17,21)(H,18,20). The SMILES string of the molecule is CCCCCCCNC(=O)c1ccc(NN=C(C)C)nc1. The molecule has 1 amide bonds. The summed E-state index contributed by atoms with van der Waals surface area (Å²) in [6, 6.07) is 3.50. The average molecular weight is 290 g/mol. The van der Waals surface area contributed by atoms with Crippen LogP contribution in [0.15, 0.2) is 23.4 Å². The van der Waals surface area contributed by atoms with Crippen molar-refractivity contribution < 1.29 is 4.79 Å². The van der Waals surface area contributed by atoms with E-state index >= 15 is 0 Å². The Morgan fingerprint density at radius 2 is 1.95 bits per heavy atom. The lowest BCUT2D eigenvalue weighted by Gasteiger charge is -2.06. The van der Waals surface area contributed by atoms with Crippen molar-refractivity contribution in [1.29, 1.82) is 0 Å². The van der Waals surface area contributed by atoms with Gasteiger partial charge in [-0.1, -0.05) is 32.6 Å². The molecular weight excluding hydrogens is 264 g/mol. The third-order valence-corrected chi connectivity index (χ3v) is 2.99. The fourth-order valence-corrected chi connectivity index (χ4v) is 1.80. The normalized spacial score (nSPS) is 10.0. The van der Waals surface area contributed by atoms with E-state index in [4.69, 9.17) is 0 Å². The Morgan fingerprint density at radius 3 is 2.57 bits per heavy atom. The summed E-state index contributed by atoms with van der Waals surface area (Å²) in [7, 11) is 0. The van der Waals surface area contributed by atoms with Crippen LogP contribution in [-0.4, -0.2) is 23.1 Å². The molecule has 21 heavy (non-hydrogen) atoms. The van der Waals surface area contributed by atoms with Crippen molar-refractivity contribution in [2.45, 2.75) is 52.9 Å². The first-order valence-corrected chi connectivity index (χ1v) is 7.64. The number of anilines is 1. The number of carbonyl (C=O) groups excluding carboxylic acids is 1. The van der Waals surface area contributed by atoms with Gasteiger partial charge < -0.3 is 5.32 Å². The van der Waals surface area contributed by atoms with E-state index in [1.165, 1.54) is 25.7 Å². The van der Waals surface area contributed by atoms with E-state index in [0.29, 0.717) is 11.4 Å². The monoisotopic (exact) mass is 290 g/mol. The number of nitrogens with one attached hydrogen (secondary N) is 2. The van der Waals surface area contributed by atoms with Gasteiger partial charge >= 0.3 is 0 Å². The van der Waals surface area contributed by atoms with Gasteiger partial charge in [-0.2, -0.15) is 5.10 Å². The van der Waals surface area contributed by atoms with E-state index in [2.05, 4.69) is 27.8 Å². The summed E-state index contributed by atoms with van der Waals surface area (Å²) < 4.78 is 0. The molecule has 0 saturated heterocycles. The van der Waals surface area contributed by atoms with E-state index in [1.807, 2.05) is 13.8 Å². The molecule has 2 N–H and O–H groups in total. The van der Waals surface area contributed by atoms with E-state index in [-0.39, 0.29) is 5.91 Å². The Kier molecular flexibility index (Phi) is 8.09. The number of hydrazone groups is 1. The smallest absolute Gasteiger partial charge is 0.252 e. The zero-order valence-electron chi connectivity index (χ0n) is 13.3. The maximum atomic E-state index is 11.9. The second kappa shape index (κ2) is 9.91. The molecule has 0 unspecified atom stereocenters. The molecule has 0 bridgehead atoms. The lowest BCUT2D eigenvalue weighted by Crippen LogP contribution is -2.24. The number of hydrogen-bond acceptors (Lipinski definition) is 4. The summed E-state index contributed by atoms with van der Waals surface area (Å²) in [6.45, 7) is 6.72. The van der Waals surface area contributed by atoms with Crippen molar-refractivity contribution in [2.75, 3.05) is 12.0 Å². The molecule has 1 heterocycles. The number of aromatic nitrogens is 1.